The molecule has 3 aromatic heterocycles. The van der Waals surface area contributed by atoms with Gasteiger partial charge in [-0.05, 0) is 25.5 Å². The fourth-order valence-electron chi connectivity index (χ4n) is 2.57. The van der Waals surface area contributed by atoms with Crippen LogP contribution in [-0.4, -0.2) is 36.0 Å². The zero-order chi connectivity index (χ0) is 20.0. The van der Waals surface area contributed by atoms with Gasteiger partial charge in [0.2, 0.25) is 0 Å². The van der Waals surface area contributed by atoms with Crippen molar-refractivity contribution >= 4 is 11.8 Å². The Labute approximate surface area is 154 Å². The summed E-state index contributed by atoms with van der Waals surface area (Å²) in [4.78, 5) is 35.9. The highest BCUT2D eigenvalue weighted by molar-refractivity contribution is 5.74. The molecule has 10 nitrogen and oxygen atoms in total. The number of rotatable bonds is 4. The van der Waals surface area contributed by atoms with Gasteiger partial charge in [0.15, 0.2) is 0 Å². The van der Waals surface area contributed by atoms with Gasteiger partial charge in [-0.1, -0.05) is 12.1 Å². The summed E-state index contributed by atoms with van der Waals surface area (Å²) in [6.45, 7) is 3.80. The van der Waals surface area contributed by atoms with Crippen LogP contribution in [0.3, 0.4) is 0 Å². The van der Waals surface area contributed by atoms with Gasteiger partial charge in [0, 0.05) is 42.3 Å². The first-order chi connectivity index (χ1) is 12.9. The van der Waals surface area contributed by atoms with Gasteiger partial charge < -0.3 is 0 Å². The van der Waals surface area contributed by atoms with Crippen molar-refractivity contribution in [2.75, 3.05) is 0 Å². The van der Waals surface area contributed by atoms with Gasteiger partial charge in [0.05, 0.1) is 16.3 Å². The molecule has 0 aliphatic heterocycles. The highest BCUT2D eigenvalue weighted by atomic mass is 16.6. The molecule has 3 rings (SSSR count). The van der Waals surface area contributed by atoms with Crippen molar-refractivity contribution in [2.24, 2.45) is 7.05 Å². The number of nitrogens with zero attached hydrogens (tertiary/aromatic N) is 6. The Morgan fingerprint density at radius 2 is 1.85 bits per heavy atom. The van der Waals surface area contributed by atoms with E-state index in [9.17, 15) is 10.1 Å². The SMILES string of the molecule is CCc1ccc(-c2ncc(-c3c(C)nnn3C)cc2[N+](=O)[O-])cn1.O=C=O. The molecular weight excluding hydrogens is 352 g/mol. The second-order valence-corrected chi connectivity index (χ2v) is 5.47. The van der Waals surface area contributed by atoms with Crippen LogP contribution >= 0.6 is 0 Å². The van der Waals surface area contributed by atoms with Crippen molar-refractivity contribution in [3.8, 4) is 22.5 Å². The third-order valence-electron chi connectivity index (χ3n) is 3.79. The van der Waals surface area contributed by atoms with Crippen LogP contribution in [0.15, 0.2) is 30.6 Å². The lowest BCUT2D eigenvalue weighted by molar-refractivity contribution is -0.384. The number of hydrogen-bond donors (Lipinski definition) is 0. The lowest BCUT2D eigenvalue weighted by Crippen LogP contribution is -1.99. The largest absolute Gasteiger partial charge is 0.373 e. The number of aromatic nitrogens is 5. The molecule has 0 unspecified atom stereocenters. The fraction of sp³-hybridized carbons (Fsp3) is 0.235. The van der Waals surface area contributed by atoms with Crippen molar-refractivity contribution in [2.45, 2.75) is 20.3 Å². The molecule has 0 N–H and O–H groups in total. The zero-order valence-corrected chi connectivity index (χ0v) is 14.9. The van der Waals surface area contributed by atoms with Crippen molar-refractivity contribution < 1.29 is 14.5 Å². The Balaban J connectivity index is 0.000000817. The molecule has 10 heteroatoms. The highest BCUT2D eigenvalue weighted by Crippen LogP contribution is 2.32. The number of nitro groups is 1. The van der Waals surface area contributed by atoms with Crippen LogP contribution in [0.5, 0.6) is 0 Å². The number of pyridine rings is 2. The molecule has 0 radical (unpaired) electrons. The van der Waals surface area contributed by atoms with Gasteiger partial charge in [-0.3, -0.25) is 15.1 Å². The van der Waals surface area contributed by atoms with Crippen LogP contribution in [0.4, 0.5) is 5.69 Å². The van der Waals surface area contributed by atoms with Crippen LogP contribution in [0.1, 0.15) is 18.3 Å². The van der Waals surface area contributed by atoms with Gasteiger partial charge in [-0.2, -0.15) is 9.59 Å². The highest BCUT2D eigenvalue weighted by Gasteiger charge is 2.21. The van der Waals surface area contributed by atoms with E-state index in [2.05, 4.69) is 20.3 Å². The van der Waals surface area contributed by atoms with Crippen LogP contribution in [0, 0.1) is 17.0 Å². The van der Waals surface area contributed by atoms with E-state index >= 15 is 0 Å². The maximum atomic E-state index is 11.5. The summed E-state index contributed by atoms with van der Waals surface area (Å²) in [6.07, 6.45) is 4.27. The smallest absolute Gasteiger partial charge is 0.261 e. The molecule has 138 valence electrons. The Morgan fingerprint density at radius 1 is 1.19 bits per heavy atom. The normalized spacial score (nSPS) is 9.89. The molecule has 0 saturated carbocycles. The third kappa shape index (κ3) is 4.25. The van der Waals surface area contributed by atoms with E-state index in [0.717, 1.165) is 12.1 Å². The standard InChI is InChI=1S/C16H16N6O2.CO2/c1-4-13-6-5-11(8-17-13)15-14(22(23)24)7-12(9-18-15)16-10(2)19-20-21(16)3;2-1-3/h5-9H,4H2,1-3H3;. The number of hydrogen-bond acceptors (Lipinski definition) is 8. The minimum Gasteiger partial charge on any atom is -0.261 e. The molecule has 3 aromatic rings. The Kier molecular flexibility index (Phi) is 6.18. The Morgan fingerprint density at radius 3 is 2.33 bits per heavy atom. The average Bonchev–Trinajstić information content (AvgIpc) is 3.00. The molecule has 0 bridgehead atoms. The van der Waals surface area contributed by atoms with E-state index in [1.165, 1.54) is 6.07 Å². The lowest BCUT2D eigenvalue weighted by atomic mass is 10.1. The van der Waals surface area contributed by atoms with Crippen LogP contribution in [-0.2, 0) is 23.1 Å². The molecule has 0 spiro atoms. The summed E-state index contributed by atoms with van der Waals surface area (Å²) in [5.41, 5.74) is 3.77. The first-order valence-corrected chi connectivity index (χ1v) is 7.88. The maximum Gasteiger partial charge on any atom is 0.373 e. The fourth-order valence-corrected chi connectivity index (χ4v) is 2.57. The van der Waals surface area contributed by atoms with Gasteiger partial charge in [0.25, 0.3) is 5.69 Å². The monoisotopic (exact) mass is 368 g/mol. The van der Waals surface area contributed by atoms with Gasteiger partial charge in [-0.25, -0.2) is 9.67 Å². The summed E-state index contributed by atoms with van der Waals surface area (Å²) >= 11 is 0. The van der Waals surface area contributed by atoms with E-state index in [1.807, 2.05) is 13.0 Å². The summed E-state index contributed by atoms with van der Waals surface area (Å²) in [6, 6.07) is 5.16. The van der Waals surface area contributed by atoms with Gasteiger partial charge >= 0.3 is 6.15 Å². The van der Waals surface area contributed by atoms with Gasteiger partial charge in [-0.15, -0.1) is 5.10 Å². The van der Waals surface area contributed by atoms with Crippen molar-refractivity contribution in [1.82, 2.24) is 25.0 Å². The molecule has 27 heavy (non-hydrogen) atoms. The summed E-state index contributed by atoms with van der Waals surface area (Å²) in [5, 5.41) is 19.4. The quantitative estimate of drug-likeness (QED) is 0.505. The van der Waals surface area contributed by atoms with Crippen LogP contribution < -0.4 is 0 Å². The third-order valence-corrected chi connectivity index (χ3v) is 3.79. The van der Waals surface area contributed by atoms with E-state index in [-0.39, 0.29) is 11.8 Å². The second-order valence-electron chi connectivity index (χ2n) is 5.47. The number of aryl methyl sites for hydroxylation is 3. The molecule has 0 fully saturated rings. The van der Waals surface area contributed by atoms with Crippen molar-refractivity contribution in [3.05, 3.63) is 52.1 Å². The molecule has 0 atom stereocenters. The molecule has 0 saturated heterocycles. The van der Waals surface area contributed by atoms with Crippen LogP contribution in [0.25, 0.3) is 22.5 Å². The molecule has 0 aromatic carbocycles. The zero-order valence-electron chi connectivity index (χ0n) is 14.9. The lowest BCUT2D eigenvalue weighted by Gasteiger charge is -2.06. The molecular formula is C17H16N6O4. The topological polar surface area (TPSA) is 134 Å². The Bertz CT molecular complexity index is 972. The summed E-state index contributed by atoms with van der Waals surface area (Å²) < 4.78 is 1.58. The second kappa shape index (κ2) is 8.54. The van der Waals surface area contributed by atoms with E-state index in [1.54, 1.807) is 37.1 Å². The predicted molar refractivity (Wildman–Crippen MR) is 93.2 cm³/mol. The van der Waals surface area contributed by atoms with Gasteiger partial charge in [0.1, 0.15) is 5.69 Å². The molecule has 0 aliphatic rings. The van der Waals surface area contributed by atoms with E-state index in [0.29, 0.717) is 28.2 Å². The van der Waals surface area contributed by atoms with E-state index in [4.69, 9.17) is 9.59 Å². The maximum absolute atomic E-state index is 11.5. The minimum atomic E-state index is -0.432. The molecule has 3 heterocycles. The van der Waals surface area contributed by atoms with Crippen molar-refractivity contribution in [3.63, 3.8) is 0 Å². The molecule has 0 amide bonds. The predicted octanol–water partition coefficient (Wildman–Crippen LogP) is 2.13. The first kappa shape index (κ1) is 19.5. The number of carbonyl (C=O) groups excluding carboxylic acids is 2. The Hall–Kier alpha value is -3.78. The summed E-state index contributed by atoms with van der Waals surface area (Å²) in [5.74, 6) is 0. The average molecular weight is 368 g/mol. The van der Waals surface area contributed by atoms with Crippen molar-refractivity contribution in [1.29, 1.82) is 0 Å². The molecule has 0 aliphatic carbocycles. The first-order valence-electron chi connectivity index (χ1n) is 7.88. The minimum absolute atomic E-state index is 0.0702. The summed E-state index contributed by atoms with van der Waals surface area (Å²) in [7, 11) is 1.74. The van der Waals surface area contributed by atoms with E-state index < -0.39 is 4.92 Å². The van der Waals surface area contributed by atoms with Crippen LogP contribution in [0.2, 0.25) is 0 Å².